The summed E-state index contributed by atoms with van der Waals surface area (Å²) in [6.07, 6.45) is 2.23. The topological polar surface area (TPSA) is 37.4 Å². The van der Waals surface area contributed by atoms with Gasteiger partial charge in [-0.2, -0.15) is 0 Å². The number of hydrogen-bond donors (Lipinski definition) is 1. The summed E-state index contributed by atoms with van der Waals surface area (Å²) in [5.41, 5.74) is 3.68. The monoisotopic (exact) mass is 297 g/mol. The molecular formula is C12H16BrN3O. The van der Waals surface area contributed by atoms with Crippen LogP contribution in [0, 0.1) is 0 Å². The number of hydrogen-bond acceptors (Lipinski definition) is 4. The second-order valence-corrected chi connectivity index (χ2v) is 5.23. The SMILES string of the molecule is Brc1cc(N2CCOCC2)c2c(n1)CCCN2. The van der Waals surface area contributed by atoms with Crippen LogP contribution in [-0.4, -0.2) is 37.8 Å². The quantitative estimate of drug-likeness (QED) is 0.805. The van der Waals surface area contributed by atoms with Crippen molar-refractivity contribution in [2.24, 2.45) is 0 Å². The molecular weight excluding hydrogens is 282 g/mol. The third-order valence-corrected chi connectivity index (χ3v) is 3.69. The molecule has 0 atom stereocenters. The highest BCUT2D eigenvalue weighted by atomic mass is 79.9. The van der Waals surface area contributed by atoms with Gasteiger partial charge in [0.2, 0.25) is 0 Å². The Hall–Kier alpha value is -0.810. The molecule has 0 radical (unpaired) electrons. The van der Waals surface area contributed by atoms with Crippen molar-refractivity contribution >= 4 is 27.3 Å². The summed E-state index contributed by atoms with van der Waals surface area (Å²) in [6, 6.07) is 2.11. The number of ether oxygens (including phenoxy) is 1. The summed E-state index contributed by atoms with van der Waals surface area (Å²) in [5.74, 6) is 0. The molecule has 0 spiro atoms. The number of anilines is 2. The highest BCUT2D eigenvalue weighted by Gasteiger charge is 2.20. The molecule has 0 saturated carbocycles. The average molecular weight is 298 g/mol. The molecule has 0 aromatic carbocycles. The van der Waals surface area contributed by atoms with E-state index >= 15 is 0 Å². The molecule has 1 aromatic rings. The van der Waals surface area contributed by atoms with Gasteiger partial charge in [0.05, 0.1) is 30.3 Å². The van der Waals surface area contributed by atoms with Crippen LogP contribution < -0.4 is 10.2 Å². The van der Waals surface area contributed by atoms with Crippen molar-refractivity contribution in [3.05, 3.63) is 16.4 Å². The number of aromatic nitrogens is 1. The van der Waals surface area contributed by atoms with Crippen LogP contribution in [0.1, 0.15) is 12.1 Å². The summed E-state index contributed by atoms with van der Waals surface area (Å²) < 4.78 is 6.34. The second kappa shape index (κ2) is 4.82. The van der Waals surface area contributed by atoms with Crippen LogP contribution in [0.2, 0.25) is 0 Å². The Kier molecular flexibility index (Phi) is 3.20. The molecule has 1 saturated heterocycles. The van der Waals surface area contributed by atoms with E-state index in [-0.39, 0.29) is 0 Å². The summed E-state index contributed by atoms with van der Waals surface area (Å²) in [6.45, 7) is 4.60. The van der Waals surface area contributed by atoms with Gasteiger partial charge < -0.3 is 15.0 Å². The molecule has 0 unspecified atom stereocenters. The van der Waals surface area contributed by atoms with Gasteiger partial charge in [-0.1, -0.05) is 0 Å². The van der Waals surface area contributed by atoms with E-state index in [1.807, 2.05) is 0 Å². The molecule has 1 fully saturated rings. The molecule has 92 valence electrons. The molecule has 2 aliphatic rings. The maximum atomic E-state index is 5.41. The third kappa shape index (κ3) is 2.26. The number of pyridine rings is 1. The fourth-order valence-corrected chi connectivity index (χ4v) is 2.88. The van der Waals surface area contributed by atoms with Crippen molar-refractivity contribution in [1.29, 1.82) is 0 Å². The fourth-order valence-electron chi connectivity index (χ4n) is 2.45. The normalized spacial score (nSPS) is 19.7. The van der Waals surface area contributed by atoms with E-state index in [0.29, 0.717) is 0 Å². The van der Waals surface area contributed by atoms with E-state index in [1.165, 1.54) is 23.5 Å². The van der Waals surface area contributed by atoms with E-state index < -0.39 is 0 Å². The van der Waals surface area contributed by atoms with Crippen LogP contribution in [0.15, 0.2) is 10.7 Å². The van der Waals surface area contributed by atoms with E-state index in [9.17, 15) is 0 Å². The summed E-state index contributed by atoms with van der Waals surface area (Å²) in [7, 11) is 0. The van der Waals surface area contributed by atoms with Crippen LogP contribution in [-0.2, 0) is 11.2 Å². The number of morpholine rings is 1. The zero-order valence-corrected chi connectivity index (χ0v) is 11.3. The average Bonchev–Trinajstić information content (AvgIpc) is 2.39. The first kappa shape index (κ1) is 11.3. The lowest BCUT2D eigenvalue weighted by atomic mass is 10.1. The molecule has 1 aromatic heterocycles. The minimum atomic E-state index is 0.814. The van der Waals surface area contributed by atoms with Crippen molar-refractivity contribution in [2.75, 3.05) is 43.1 Å². The highest BCUT2D eigenvalue weighted by molar-refractivity contribution is 9.10. The van der Waals surface area contributed by atoms with Gasteiger partial charge in [-0.3, -0.25) is 0 Å². The molecule has 0 bridgehead atoms. The molecule has 4 nitrogen and oxygen atoms in total. The predicted octanol–water partition coefficient (Wildman–Crippen LogP) is 2.04. The number of nitrogens with one attached hydrogen (secondary N) is 1. The fraction of sp³-hybridized carbons (Fsp3) is 0.583. The van der Waals surface area contributed by atoms with E-state index in [0.717, 1.165) is 43.9 Å². The first-order chi connectivity index (χ1) is 8.34. The zero-order valence-electron chi connectivity index (χ0n) is 9.71. The van der Waals surface area contributed by atoms with Gasteiger partial charge in [0.15, 0.2) is 0 Å². The maximum Gasteiger partial charge on any atom is 0.108 e. The van der Waals surface area contributed by atoms with E-state index in [4.69, 9.17) is 4.74 Å². The van der Waals surface area contributed by atoms with Gasteiger partial charge in [0.25, 0.3) is 0 Å². The van der Waals surface area contributed by atoms with Crippen molar-refractivity contribution < 1.29 is 4.74 Å². The molecule has 3 heterocycles. The van der Waals surface area contributed by atoms with Crippen LogP contribution in [0.3, 0.4) is 0 Å². The minimum absolute atomic E-state index is 0.814. The Morgan fingerprint density at radius 2 is 2.18 bits per heavy atom. The predicted molar refractivity (Wildman–Crippen MR) is 71.8 cm³/mol. The number of fused-ring (bicyclic) bond motifs is 1. The van der Waals surface area contributed by atoms with Crippen molar-refractivity contribution in [1.82, 2.24) is 4.98 Å². The molecule has 1 N–H and O–H groups in total. The second-order valence-electron chi connectivity index (χ2n) is 4.42. The molecule has 0 amide bonds. The molecule has 0 aliphatic carbocycles. The highest BCUT2D eigenvalue weighted by Crippen LogP contribution is 2.34. The van der Waals surface area contributed by atoms with Crippen LogP contribution in [0.25, 0.3) is 0 Å². The zero-order chi connectivity index (χ0) is 11.7. The van der Waals surface area contributed by atoms with Crippen LogP contribution in [0.5, 0.6) is 0 Å². The number of nitrogens with zero attached hydrogens (tertiary/aromatic N) is 2. The Morgan fingerprint density at radius 3 is 3.00 bits per heavy atom. The molecule has 2 aliphatic heterocycles. The summed E-state index contributed by atoms with van der Waals surface area (Å²) in [4.78, 5) is 6.95. The van der Waals surface area contributed by atoms with Crippen LogP contribution in [0.4, 0.5) is 11.4 Å². The van der Waals surface area contributed by atoms with Gasteiger partial charge in [0, 0.05) is 19.6 Å². The first-order valence-electron chi connectivity index (χ1n) is 6.10. The minimum Gasteiger partial charge on any atom is -0.382 e. The lowest BCUT2D eigenvalue weighted by Gasteiger charge is -2.32. The molecule has 3 rings (SSSR count). The lowest BCUT2D eigenvalue weighted by molar-refractivity contribution is 0.122. The van der Waals surface area contributed by atoms with Gasteiger partial charge in [-0.15, -0.1) is 0 Å². The lowest BCUT2D eigenvalue weighted by Crippen LogP contribution is -2.37. The summed E-state index contributed by atoms with van der Waals surface area (Å²) in [5, 5.41) is 3.49. The van der Waals surface area contributed by atoms with E-state index in [1.54, 1.807) is 0 Å². The van der Waals surface area contributed by atoms with Crippen LogP contribution >= 0.6 is 15.9 Å². The number of halogens is 1. The maximum absolute atomic E-state index is 5.41. The Morgan fingerprint density at radius 1 is 1.35 bits per heavy atom. The van der Waals surface area contributed by atoms with Gasteiger partial charge in [-0.25, -0.2) is 4.98 Å². The van der Waals surface area contributed by atoms with Gasteiger partial charge >= 0.3 is 0 Å². The standard InChI is InChI=1S/C12H16BrN3O/c13-11-8-10(16-4-6-17-7-5-16)12-9(15-11)2-1-3-14-12/h8,14H,1-7H2. The molecule has 5 heteroatoms. The Bertz CT molecular complexity index is 418. The summed E-state index contributed by atoms with van der Waals surface area (Å²) >= 11 is 3.51. The Labute approximate surface area is 109 Å². The van der Waals surface area contributed by atoms with Crippen molar-refractivity contribution in [3.63, 3.8) is 0 Å². The number of aryl methyl sites for hydroxylation is 1. The van der Waals surface area contributed by atoms with Gasteiger partial charge in [-0.05, 0) is 34.8 Å². The van der Waals surface area contributed by atoms with E-state index in [2.05, 4.69) is 37.2 Å². The number of rotatable bonds is 1. The van der Waals surface area contributed by atoms with Crippen molar-refractivity contribution in [3.8, 4) is 0 Å². The molecule has 17 heavy (non-hydrogen) atoms. The van der Waals surface area contributed by atoms with Crippen molar-refractivity contribution in [2.45, 2.75) is 12.8 Å². The Balaban J connectivity index is 1.98. The first-order valence-corrected chi connectivity index (χ1v) is 6.90. The van der Waals surface area contributed by atoms with Gasteiger partial charge in [0.1, 0.15) is 4.60 Å². The third-order valence-electron chi connectivity index (χ3n) is 3.29. The largest absolute Gasteiger partial charge is 0.382 e. The smallest absolute Gasteiger partial charge is 0.108 e.